The van der Waals surface area contributed by atoms with Crippen molar-refractivity contribution in [3.05, 3.63) is 47.5 Å². The molecule has 0 fully saturated rings. The molecule has 1 unspecified atom stereocenters. The van der Waals surface area contributed by atoms with Gasteiger partial charge in [-0.3, -0.25) is 4.79 Å². The predicted molar refractivity (Wildman–Crippen MR) is 111 cm³/mol. The Balaban J connectivity index is 1.89. The summed E-state index contributed by atoms with van der Waals surface area (Å²) >= 11 is 0. The first-order chi connectivity index (χ1) is 13.8. The van der Waals surface area contributed by atoms with Gasteiger partial charge in [-0.25, -0.2) is 13.1 Å². The molecule has 1 atom stereocenters. The molecule has 7 nitrogen and oxygen atoms in total. The summed E-state index contributed by atoms with van der Waals surface area (Å²) in [6.45, 7) is 3.93. The number of nitrogens with one attached hydrogen (secondary N) is 1. The minimum Gasteiger partial charge on any atom is -0.497 e. The molecular formula is C21H26N2O5S. The highest BCUT2D eigenvalue weighted by Crippen LogP contribution is 2.32. The van der Waals surface area contributed by atoms with Crippen molar-refractivity contribution in [2.24, 2.45) is 0 Å². The molecule has 1 N–H and O–H groups in total. The van der Waals surface area contributed by atoms with Crippen LogP contribution in [0.1, 0.15) is 37.4 Å². The molecule has 29 heavy (non-hydrogen) atoms. The summed E-state index contributed by atoms with van der Waals surface area (Å²) in [6, 6.07) is 9.63. The van der Waals surface area contributed by atoms with Crippen molar-refractivity contribution in [1.29, 1.82) is 0 Å². The van der Waals surface area contributed by atoms with Crippen molar-refractivity contribution in [2.75, 3.05) is 25.7 Å². The van der Waals surface area contributed by atoms with E-state index >= 15 is 0 Å². The minimum atomic E-state index is -3.77. The molecule has 1 heterocycles. The number of hydrogen-bond acceptors (Lipinski definition) is 5. The van der Waals surface area contributed by atoms with Crippen molar-refractivity contribution in [1.82, 2.24) is 4.72 Å². The lowest BCUT2D eigenvalue weighted by molar-refractivity contribution is -0.116. The van der Waals surface area contributed by atoms with E-state index in [-0.39, 0.29) is 10.8 Å². The summed E-state index contributed by atoms with van der Waals surface area (Å²) < 4.78 is 39.3. The van der Waals surface area contributed by atoms with Gasteiger partial charge >= 0.3 is 0 Å². The molecule has 2 aromatic rings. The number of aryl methyl sites for hydroxylation is 1. The number of amides is 1. The Morgan fingerprint density at radius 2 is 1.90 bits per heavy atom. The van der Waals surface area contributed by atoms with Gasteiger partial charge in [-0.1, -0.05) is 0 Å². The van der Waals surface area contributed by atoms with Crippen LogP contribution in [0.15, 0.2) is 41.3 Å². The van der Waals surface area contributed by atoms with Gasteiger partial charge < -0.3 is 14.4 Å². The number of ether oxygens (including phenoxy) is 2. The molecule has 3 rings (SSSR count). The Morgan fingerprint density at radius 3 is 2.55 bits per heavy atom. The topological polar surface area (TPSA) is 84.9 Å². The van der Waals surface area contributed by atoms with Crippen molar-refractivity contribution in [2.45, 2.75) is 37.6 Å². The summed E-state index contributed by atoms with van der Waals surface area (Å²) in [5.41, 5.74) is 2.32. The Bertz CT molecular complexity index is 1020. The van der Waals surface area contributed by atoms with Gasteiger partial charge in [0.2, 0.25) is 15.9 Å². The molecule has 2 aromatic carbocycles. The molecule has 1 aliphatic rings. The van der Waals surface area contributed by atoms with Crippen LogP contribution in [0, 0.1) is 0 Å². The fourth-order valence-electron chi connectivity index (χ4n) is 3.61. The lowest BCUT2D eigenvalue weighted by Gasteiger charge is -2.29. The molecule has 0 aromatic heterocycles. The summed E-state index contributed by atoms with van der Waals surface area (Å²) in [4.78, 5) is 13.7. The van der Waals surface area contributed by atoms with Crippen LogP contribution in [-0.2, 0) is 21.2 Å². The summed E-state index contributed by atoms with van der Waals surface area (Å²) in [5.74, 6) is 1.15. The maximum Gasteiger partial charge on any atom is 0.241 e. The monoisotopic (exact) mass is 418 g/mol. The number of anilines is 1. The van der Waals surface area contributed by atoms with E-state index in [0.29, 0.717) is 23.6 Å². The Morgan fingerprint density at radius 1 is 1.14 bits per heavy atom. The maximum atomic E-state index is 13.0. The highest BCUT2D eigenvalue weighted by atomic mass is 32.2. The first kappa shape index (κ1) is 21.1. The summed E-state index contributed by atoms with van der Waals surface area (Å²) in [7, 11) is -0.681. The number of fused-ring (bicyclic) bond motifs is 1. The minimum absolute atomic E-state index is 0.0431. The Hall–Kier alpha value is -2.58. The van der Waals surface area contributed by atoms with Crippen molar-refractivity contribution in [3.8, 4) is 11.5 Å². The quantitative estimate of drug-likeness (QED) is 0.779. The molecule has 8 heteroatoms. The number of sulfonamides is 1. The molecule has 0 bridgehead atoms. The van der Waals surface area contributed by atoms with Gasteiger partial charge in [0.1, 0.15) is 11.5 Å². The Labute approximate surface area is 171 Å². The van der Waals surface area contributed by atoms with Gasteiger partial charge in [0.05, 0.1) is 19.1 Å². The van der Waals surface area contributed by atoms with E-state index in [9.17, 15) is 13.2 Å². The van der Waals surface area contributed by atoms with E-state index in [2.05, 4.69) is 4.72 Å². The molecule has 156 valence electrons. The van der Waals surface area contributed by atoms with E-state index in [1.165, 1.54) is 20.1 Å². The smallest absolute Gasteiger partial charge is 0.241 e. The maximum absolute atomic E-state index is 13.0. The lowest BCUT2D eigenvalue weighted by Crippen LogP contribution is -2.34. The molecule has 1 aliphatic heterocycles. The number of rotatable bonds is 6. The average Bonchev–Trinajstić information content (AvgIpc) is 2.71. The normalized spacial score (nSPS) is 14.8. The van der Waals surface area contributed by atoms with Crippen molar-refractivity contribution in [3.63, 3.8) is 0 Å². The van der Waals surface area contributed by atoms with Gasteiger partial charge in [-0.05, 0) is 61.7 Å². The van der Waals surface area contributed by atoms with Crippen LogP contribution >= 0.6 is 0 Å². The second kappa shape index (κ2) is 8.42. The largest absolute Gasteiger partial charge is 0.497 e. The third-order valence-corrected chi connectivity index (χ3v) is 6.63. The van der Waals surface area contributed by atoms with Crippen LogP contribution in [0.3, 0.4) is 0 Å². The highest BCUT2D eigenvalue weighted by molar-refractivity contribution is 7.89. The summed E-state index contributed by atoms with van der Waals surface area (Å²) in [5, 5.41) is 0. The predicted octanol–water partition coefficient (Wildman–Crippen LogP) is 3.04. The molecule has 0 saturated heterocycles. The van der Waals surface area contributed by atoms with E-state index in [1.807, 2.05) is 0 Å². The van der Waals surface area contributed by atoms with Crippen LogP contribution in [0.2, 0.25) is 0 Å². The second-order valence-electron chi connectivity index (χ2n) is 7.02. The van der Waals surface area contributed by atoms with E-state index in [4.69, 9.17) is 9.47 Å². The number of hydrogen-bond donors (Lipinski definition) is 1. The van der Waals surface area contributed by atoms with Crippen LogP contribution in [-0.4, -0.2) is 35.1 Å². The molecule has 0 aliphatic carbocycles. The third-order valence-electron chi connectivity index (χ3n) is 5.10. The number of methoxy groups -OCH3 is 2. The van der Waals surface area contributed by atoms with Gasteiger partial charge in [0.15, 0.2) is 0 Å². The summed E-state index contributed by atoms with van der Waals surface area (Å²) in [6.07, 6.45) is 1.54. The fraction of sp³-hybridized carbons (Fsp3) is 0.381. The average molecular weight is 419 g/mol. The first-order valence-corrected chi connectivity index (χ1v) is 10.9. The highest BCUT2D eigenvalue weighted by Gasteiger charge is 2.25. The van der Waals surface area contributed by atoms with E-state index in [0.717, 1.165) is 24.1 Å². The Kier molecular flexibility index (Phi) is 6.14. The molecule has 1 amide bonds. The van der Waals surface area contributed by atoms with Crippen molar-refractivity contribution >= 4 is 21.6 Å². The van der Waals surface area contributed by atoms with Gasteiger partial charge in [0, 0.05) is 30.8 Å². The second-order valence-corrected chi connectivity index (χ2v) is 8.73. The van der Waals surface area contributed by atoms with E-state index < -0.39 is 16.1 Å². The van der Waals surface area contributed by atoms with Gasteiger partial charge in [-0.2, -0.15) is 0 Å². The molecule has 0 saturated carbocycles. The van der Waals surface area contributed by atoms with Crippen LogP contribution in [0.25, 0.3) is 0 Å². The molecular weight excluding hydrogens is 392 g/mol. The van der Waals surface area contributed by atoms with Gasteiger partial charge in [0.25, 0.3) is 0 Å². The van der Waals surface area contributed by atoms with E-state index in [1.54, 1.807) is 49.3 Å². The number of nitrogens with zero attached hydrogens (tertiary/aromatic N) is 1. The number of carbonyl (C=O) groups excluding carboxylic acids is 1. The van der Waals surface area contributed by atoms with Gasteiger partial charge in [-0.15, -0.1) is 0 Å². The van der Waals surface area contributed by atoms with Crippen molar-refractivity contribution < 1.29 is 22.7 Å². The lowest BCUT2D eigenvalue weighted by atomic mass is 10.0. The standard InChI is InChI=1S/C21H26N2O5S/c1-14(19-13-17(27-3)7-10-21(19)28-4)22-29(25,26)18-8-9-20-16(12-18)6-5-11-23(20)15(2)24/h7-10,12-14,22H,5-6,11H2,1-4H3. The number of carbonyl (C=O) groups is 1. The number of benzene rings is 2. The zero-order chi connectivity index (χ0) is 21.2. The zero-order valence-corrected chi connectivity index (χ0v) is 17.9. The van der Waals surface area contributed by atoms with Crippen LogP contribution in [0.4, 0.5) is 5.69 Å². The first-order valence-electron chi connectivity index (χ1n) is 9.42. The van der Waals surface area contributed by atoms with Crippen LogP contribution in [0.5, 0.6) is 11.5 Å². The van der Waals surface area contributed by atoms with Crippen LogP contribution < -0.4 is 19.1 Å². The molecule has 0 radical (unpaired) electrons. The molecule has 0 spiro atoms. The SMILES string of the molecule is COc1ccc(OC)c(C(C)NS(=O)(=O)c2ccc3c(c2)CCCN3C(C)=O)c1. The fourth-order valence-corrected chi connectivity index (χ4v) is 4.88. The third kappa shape index (κ3) is 4.38. The zero-order valence-electron chi connectivity index (χ0n) is 17.1.